The number of rotatable bonds is 3. The summed E-state index contributed by atoms with van der Waals surface area (Å²) in [6, 6.07) is 10.3. The fourth-order valence-corrected chi connectivity index (χ4v) is 2.01. The van der Waals surface area contributed by atoms with E-state index >= 15 is 0 Å². The van der Waals surface area contributed by atoms with E-state index in [-0.39, 0.29) is 0 Å². The van der Waals surface area contributed by atoms with E-state index in [9.17, 15) is 0 Å². The van der Waals surface area contributed by atoms with Crippen molar-refractivity contribution in [3.63, 3.8) is 0 Å². The lowest BCUT2D eigenvalue weighted by Gasteiger charge is -2.07. The Kier molecular flexibility index (Phi) is 3.32. The molecular formula is C15H20N2. The molecule has 0 atom stereocenters. The van der Waals surface area contributed by atoms with Gasteiger partial charge in [0.25, 0.3) is 0 Å². The number of aromatic nitrogens is 2. The van der Waals surface area contributed by atoms with E-state index < -0.39 is 0 Å². The summed E-state index contributed by atoms with van der Waals surface area (Å²) in [5, 5.41) is 0. The van der Waals surface area contributed by atoms with E-state index in [2.05, 4.69) is 44.8 Å². The molecular weight excluding hydrogens is 208 g/mol. The van der Waals surface area contributed by atoms with Crippen LogP contribution in [0.4, 0.5) is 0 Å². The lowest BCUT2D eigenvalue weighted by Crippen LogP contribution is -1.96. The van der Waals surface area contributed by atoms with Gasteiger partial charge >= 0.3 is 0 Å². The number of benzene rings is 1. The summed E-state index contributed by atoms with van der Waals surface area (Å²) < 4.78 is 0. The lowest BCUT2D eigenvalue weighted by molar-refractivity contribution is 0.759. The van der Waals surface area contributed by atoms with Gasteiger partial charge in [0.05, 0.1) is 5.69 Å². The standard InChI is InChI=1S/C15H20N2/c1-10(2)13-14(11(3)4)17-15(16-13)12-8-6-5-7-9-12/h5-11H,1-4H3,(H,16,17). The minimum atomic E-state index is 0.459. The normalized spacial score (nSPS) is 11.4. The molecule has 0 aliphatic heterocycles. The second-order valence-electron chi connectivity index (χ2n) is 5.06. The molecule has 0 saturated heterocycles. The van der Waals surface area contributed by atoms with Gasteiger partial charge in [-0.25, -0.2) is 4.98 Å². The molecule has 1 N–H and O–H groups in total. The molecule has 2 heteroatoms. The van der Waals surface area contributed by atoms with Gasteiger partial charge < -0.3 is 4.98 Å². The molecule has 0 aliphatic rings. The Balaban J connectivity index is 2.48. The fourth-order valence-electron chi connectivity index (χ4n) is 2.01. The summed E-state index contributed by atoms with van der Waals surface area (Å²) in [6.07, 6.45) is 0. The van der Waals surface area contributed by atoms with Crippen LogP contribution in [0.5, 0.6) is 0 Å². The highest BCUT2D eigenvalue weighted by atomic mass is 14.9. The highest BCUT2D eigenvalue weighted by molar-refractivity contribution is 5.56. The molecule has 0 radical (unpaired) electrons. The van der Waals surface area contributed by atoms with Gasteiger partial charge in [0.15, 0.2) is 0 Å². The average Bonchev–Trinajstić information content (AvgIpc) is 2.75. The predicted molar refractivity (Wildman–Crippen MR) is 72.2 cm³/mol. The minimum absolute atomic E-state index is 0.459. The molecule has 1 heterocycles. The van der Waals surface area contributed by atoms with Gasteiger partial charge in [0.2, 0.25) is 0 Å². The molecule has 1 aromatic heterocycles. The van der Waals surface area contributed by atoms with E-state index in [4.69, 9.17) is 4.98 Å². The Hall–Kier alpha value is -1.57. The Morgan fingerprint density at radius 1 is 0.941 bits per heavy atom. The fraction of sp³-hybridized carbons (Fsp3) is 0.400. The maximum atomic E-state index is 4.75. The summed E-state index contributed by atoms with van der Waals surface area (Å²) in [6.45, 7) is 8.79. The molecule has 0 fully saturated rings. The van der Waals surface area contributed by atoms with Gasteiger partial charge in [-0.1, -0.05) is 58.0 Å². The molecule has 0 saturated carbocycles. The predicted octanol–water partition coefficient (Wildman–Crippen LogP) is 4.32. The maximum absolute atomic E-state index is 4.75. The quantitative estimate of drug-likeness (QED) is 0.832. The van der Waals surface area contributed by atoms with Crippen molar-refractivity contribution >= 4 is 0 Å². The van der Waals surface area contributed by atoms with E-state index in [1.807, 2.05) is 18.2 Å². The molecule has 0 amide bonds. The number of hydrogen-bond donors (Lipinski definition) is 1. The lowest BCUT2D eigenvalue weighted by atomic mass is 10.0. The Morgan fingerprint density at radius 3 is 2.06 bits per heavy atom. The third-order valence-electron chi connectivity index (χ3n) is 2.93. The number of hydrogen-bond acceptors (Lipinski definition) is 1. The van der Waals surface area contributed by atoms with Crippen LogP contribution in [0.15, 0.2) is 30.3 Å². The Morgan fingerprint density at radius 2 is 1.59 bits per heavy atom. The van der Waals surface area contributed by atoms with Gasteiger partial charge in [0, 0.05) is 11.3 Å². The molecule has 0 bridgehead atoms. The van der Waals surface area contributed by atoms with Gasteiger partial charge in [-0.3, -0.25) is 0 Å². The van der Waals surface area contributed by atoms with Crippen LogP contribution in [0.2, 0.25) is 0 Å². The molecule has 17 heavy (non-hydrogen) atoms. The first-order valence-electron chi connectivity index (χ1n) is 6.24. The molecule has 2 nitrogen and oxygen atoms in total. The van der Waals surface area contributed by atoms with Crippen LogP contribution in [0, 0.1) is 0 Å². The largest absolute Gasteiger partial charge is 0.341 e. The molecule has 1 aromatic carbocycles. The van der Waals surface area contributed by atoms with Crippen molar-refractivity contribution in [1.29, 1.82) is 0 Å². The van der Waals surface area contributed by atoms with Crippen molar-refractivity contribution in [2.45, 2.75) is 39.5 Å². The second-order valence-corrected chi connectivity index (χ2v) is 5.06. The highest BCUT2D eigenvalue weighted by Crippen LogP contribution is 2.27. The van der Waals surface area contributed by atoms with Crippen LogP contribution in [0.3, 0.4) is 0 Å². The average molecular weight is 228 g/mol. The molecule has 90 valence electrons. The Labute approximate surface area is 103 Å². The Bertz CT molecular complexity index is 455. The number of nitrogens with zero attached hydrogens (tertiary/aromatic N) is 1. The number of nitrogens with one attached hydrogen (secondary N) is 1. The molecule has 0 aliphatic carbocycles. The first-order chi connectivity index (χ1) is 8.09. The summed E-state index contributed by atoms with van der Waals surface area (Å²) in [5.41, 5.74) is 3.61. The number of H-pyrrole nitrogens is 1. The number of aromatic amines is 1. The van der Waals surface area contributed by atoms with Crippen LogP contribution >= 0.6 is 0 Å². The van der Waals surface area contributed by atoms with E-state index in [1.165, 1.54) is 11.4 Å². The zero-order valence-electron chi connectivity index (χ0n) is 11.0. The van der Waals surface area contributed by atoms with Gasteiger partial charge in [0.1, 0.15) is 5.82 Å². The second kappa shape index (κ2) is 4.74. The maximum Gasteiger partial charge on any atom is 0.137 e. The monoisotopic (exact) mass is 228 g/mol. The van der Waals surface area contributed by atoms with E-state index in [1.54, 1.807) is 0 Å². The van der Waals surface area contributed by atoms with Crippen molar-refractivity contribution in [2.75, 3.05) is 0 Å². The van der Waals surface area contributed by atoms with Crippen LogP contribution in [0.1, 0.15) is 50.9 Å². The van der Waals surface area contributed by atoms with Crippen LogP contribution < -0.4 is 0 Å². The molecule has 0 unspecified atom stereocenters. The van der Waals surface area contributed by atoms with Crippen molar-refractivity contribution < 1.29 is 0 Å². The van der Waals surface area contributed by atoms with Crippen molar-refractivity contribution in [2.24, 2.45) is 0 Å². The van der Waals surface area contributed by atoms with Crippen LogP contribution in [-0.4, -0.2) is 9.97 Å². The zero-order chi connectivity index (χ0) is 12.4. The van der Waals surface area contributed by atoms with Gasteiger partial charge in [-0.15, -0.1) is 0 Å². The topological polar surface area (TPSA) is 28.7 Å². The van der Waals surface area contributed by atoms with Gasteiger partial charge in [-0.2, -0.15) is 0 Å². The molecule has 2 aromatic rings. The summed E-state index contributed by atoms with van der Waals surface area (Å²) in [7, 11) is 0. The first-order valence-corrected chi connectivity index (χ1v) is 6.24. The third-order valence-corrected chi connectivity index (χ3v) is 2.93. The van der Waals surface area contributed by atoms with Crippen molar-refractivity contribution in [1.82, 2.24) is 9.97 Å². The van der Waals surface area contributed by atoms with E-state index in [0.29, 0.717) is 11.8 Å². The van der Waals surface area contributed by atoms with Crippen molar-refractivity contribution in [3.8, 4) is 11.4 Å². The number of imidazole rings is 1. The molecule has 0 spiro atoms. The molecule has 2 rings (SSSR count). The SMILES string of the molecule is CC(C)c1nc(-c2ccccc2)[nH]c1C(C)C. The highest BCUT2D eigenvalue weighted by Gasteiger charge is 2.16. The third kappa shape index (κ3) is 2.41. The van der Waals surface area contributed by atoms with Crippen molar-refractivity contribution in [3.05, 3.63) is 41.7 Å². The minimum Gasteiger partial charge on any atom is -0.341 e. The summed E-state index contributed by atoms with van der Waals surface area (Å²) >= 11 is 0. The van der Waals surface area contributed by atoms with Gasteiger partial charge in [-0.05, 0) is 11.8 Å². The van der Waals surface area contributed by atoms with Crippen LogP contribution in [-0.2, 0) is 0 Å². The summed E-state index contributed by atoms with van der Waals surface area (Å²) in [5.74, 6) is 1.93. The smallest absolute Gasteiger partial charge is 0.137 e. The first kappa shape index (κ1) is 11.9. The van der Waals surface area contributed by atoms with E-state index in [0.717, 1.165) is 11.4 Å². The zero-order valence-corrected chi connectivity index (χ0v) is 11.0. The summed E-state index contributed by atoms with van der Waals surface area (Å²) in [4.78, 5) is 8.21. The van der Waals surface area contributed by atoms with Crippen LogP contribution in [0.25, 0.3) is 11.4 Å².